The molecule has 0 saturated heterocycles. The Morgan fingerprint density at radius 3 is 2.47 bits per heavy atom. The molecule has 0 fully saturated rings. The van der Waals surface area contributed by atoms with E-state index in [9.17, 15) is 10.1 Å². The lowest BCUT2D eigenvalue weighted by Gasteiger charge is -2.14. The first kappa shape index (κ1) is 25.2. The molecule has 0 saturated carbocycles. The summed E-state index contributed by atoms with van der Waals surface area (Å²) in [6, 6.07) is 9.52. The summed E-state index contributed by atoms with van der Waals surface area (Å²) in [6.07, 6.45) is 1.94. The quantitative estimate of drug-likeness (QED) is 0.166. The molecule has 1 aromatic heterocycles. The van der Waals surface area contributed by atoms with Crippen molar-refractivity contribution in [1.29, 1.82) is 0 Å². The fourth-order valence-corrected chi connectivity index (χ4v) is 4.31. The zero-order chi connectivity index (χ0) is 24.8. The Morgan fingerprint density at radius 2 is 1.88 bits per heavy atom. The number of benzene rings is 2. The summed E-state index contributed by atoms with van der Waals surface area (Å²) in [5, 5.41) is 25.4. The van der Waals surface area contributed by atoms with Crippen LogP contribution in [0.1, 0.15) is 48.8 Å². The highest BCUT2D eigenvalue weighted by Gasteiger charge is 2.23. The Morgan fingerprint density at radius 1 is 1.18 bits per heavy atom. The number of ether oxygens (including phenoxy) is 2. The van der Waals surface area contributed by atoms with Crippen molar-refractivity contribution in [3.8, 4) is 11.5 Å². The molecule has 2 aromatic carbocycles. The largest absolute Gasteiger partial charge is 0.493 e. The fraction of sp³-hybridized carbons (Fsp3) is 0.375. The van der Waals surface area contributed by atoms with E-state index >= 15 is 0 Å². The van der Waals surface area contributed by atoms with Gasteiger partial charge in [0.25, 0.3) is 0 Å². The molecule has 180 valence electrons. The standard InChI is InChI=1S/C24H29N5O4S/c1-7-22-26-27-24(34-14-19-9-16(4)8-17(5)10-19)28(22)25-13-18-11-20(29(30)31)23(33-15(2)3)21(12-18)32-6/h8-13,15H,7,14H2,1-6H3/b25-13-. The van der Waals surface area contributed by atoms with Crippen LogP contribution in [0.15, 0.2) is 40.6 Å². The molecule has 0 aliphatic carbocycles. The second kappa shape index (κ2) is 11.1. The summed E-state index contributed by atoms with van der Waals surface area (Å²) in [5.74, 6) is 1.79. The topological polar surface area (TPSA) is 105 Å². The first-order valence-electron chi connectivity index (χ1n) is 10.9. The monoisotopic (exact) mass is 483 g/mol. The van der Waals surface area contributed by atoms with Crippen LogP contribution in [0.3, 0.4) is 0 Å². The third kappa shape index (κ3) is 6.13. The SMILES string of the molecule is CCc1nnc(SCc2cc(C)cc(C)c2)n1/N=C\c1cc(OC)c(OC(C)C)c([N+](=O)[O-])c1. The van der Waals surface area contributed by atoms with Gasteiger partial charge in [-0.15, -0.1) is 10.2 Å². The summed E-state index contributed by atoms with van der Waals surface area (Å²) in [5.41, 5.74) is 3.94. The van der Waals surface area contributed by atoms with E-state index in [1.165, 1.54) is 47.8 Å². The molecule has 0 atom stereocenters. The van der Waals surface area contributed by atoms with Crippen LogP contribution in [0.4, 0.5) is 5.69 Å². The van der Waals surface area contributed by atoms with Gasteiger partial charge in [0, 0.05) is 23.8 Å². The van der Waals surface area contributed by atoms with Gasteiger partial charge in [-0.2, -0.15) is 9.78 Å². The first-order valence-corrected chi connectivity index (χ1v) is 11.9. The second-order valence-electron chi connectivity index (χ2n) is 8.09. The van der Waals surface area contributed by atoms with Crippen LogP contribution in [0.2, 0.25) is 0 Å². The molecule has 1 heterocycles. The van der Waals surface area contributed by atoms with E-state index < -0.39 is 4.92 Å². The number of methoxy groups -OCH3 is 1. The van der Waals surface area contributed by atoms with Crippen molar-refractivity contribution in [2.75, 3.05) is 7.11 Å². The number of nitrogens with zero attached hydrogens (tertiary/aromatic N) is 5. The van der Waals surface area contributed by atoms with Gasteiger partial charge in [-0.25, -0.2) is 0 Å². The van der Waals surface area contributed by atoms with Crippen LogP contribution >= 0.6 is 11.8 Å². The molecule has 10 heteroatoms. The van der Waals surface area contributed by atoms with Crippen molar-refractivity contribution in [3.63, 3.8) is 0 Å². The van der Waals surface area contributed by atoms with E-state index in [2.05, 4.69) is 47.3 Å². The highest BCUT2D eigenvalue weighted by Crippen LogP contribution is 2.38. The second-order valence-corrected chi connectivity index (χ2v) is 9.03. The number of thioether (sulfide) groups is 1. The predicted molar refractivity (Wildman–Crippen MR) is 133 cm³/mol. The molecule has 0 unspecified atom stereocenters. The summed E-state index contributed by atoms with van der Waals surface area (Å²) >= 11 is 1.54. The maximum absolute atomic E-state index is 11.7. The Kier molecular flexibility index (Phi) is 8.27. The molecular weight excluding hydrogens is 454 g/mol. The number of hydrogen-bond acceptors (Lipinski definition) is 8. The van der Waals surface area contributed by atoms with E-state index in [1.54, 1.807) is 24.6 Å². The van der Waals surface area contributed by atoms with Gasteiger partial charge >= 0.3 is 5.69 Å². The zero-order valence-corrected chi connectivity index (χ0v) is 21.0. The van der Waals surface area contributed by atoms with E-state index in [0.717, 1.165) is 5.75 Å². The molecule has 3 rings (SSSR count). The van der Waals surface area contributed by atoms with Crippen molar-refractivity contribution < 1.29 is 14.4 Å². The average molecular weight is 484 g/mol. The van der Waals surface area contributed by atoms with Crippen LogP contribution < -0.4 is 9.47 Å². The predicted octanol–water partition coefficient (Wildman–Crippen LogP) is 5.34. The number of rotatable bonds is 10. The fourth-order valence-electron chi connectivity index (χ4n) is 3.47. The van der Waals surface area contributed by atoms with Crippen LogP contribution in [0.5, 0.6) is 11.5 Å². The van der Waals surface area contributed by atoms with Gasteiger partial charge in [0.1, 0.15) is 0 Å². The van der Waals surface area contributed by atoms with E-state index in [-0.39, 0.29) is 23.3 Å². The summed E-state index contributed by atoms with van der Waals surface area (Å²) < 4.78 is 12.7. The van der Waals surface area contributed by atoms with Gasteiger partial charge in [0.15, 0.2) is 11.6 Å². The van der Waals surface area contributed by atoms with Crippen LogP contribution in [-0.2, 0) is 12.2 Å². The van der Waals surface area contributed by atoms with Gasteiger partial charge in [0.05, 0.1) is 24.4 Å². The van der Waals surface area contributed by atoms with Crippen molar-refractivity contribution in [1.82, 2.24) is 14.9 Å². The molecule has 0 amide bonds. The molecule has 0 spiro atoms. The molecule has 3 aromatic rings. The summed E-state index contributed by atoms with van der Waals surface area (Å²) in [6.45, 7) is 9.73. The highest BCUT2D eigenvalue weighted by molar-refractivity contribution is 7.98. The van der Waals surface area contributed by atoms with Gasteiger partial charge in [-0.3, -0.25) is 10.1 Å². The van der Waals surface area contributed by atoms with Gasteiger partial charge in [-0.1, -0.05) is 48.0 Å². The van der Waals surface area contributed by atoms with Crippen molar-refractivity contribution in [2.45, 2.75) is 58.1 Å². The normalized spacial score (nSPS) is 11.4. The lowest BCUT2D eigenvalue weighted by Crippen LogP contribution is -2.09. The molecular formula is C24H29N5O4S. The van der Waals surface area contributed by atoms with Gasteiger partial charge in [0.2, 0.25) is 10.9 Å². The minimum Gasteiger partial charge on any atom is -0.493 e. The lowest BCUT2D eigenvalue weighted by molar-refractivity contribution is -0.386. The maximum atomic E-state index is 11.7. The smallest absolute Gasteiger partial charge is 0.315 e. The number of aryl methyl sites for hydroxylation is 3. The minimum atomic E-state index is -0.487. The van der Waals surface area contributed by atoms with E-state index in [4.69, 9.17) is 9.47 Å². The lowest BCUT2D eigenvalue weighted by atomic mass is 10.1. The third-order valence-corrected chi connectivity index (χ3v) is 5.78. The molecule has 0 bridgehead atoms. The Balaban J connectivity index is 1.92. The van der Waals surface area contributed by atoms with E-state index in [1.807, 2.05) is 6.92 Å². The Bertz CT molecular complexity index is 1190. The van der Waals surface area contributed by atoms with Crippen molar-refractivity contribution in [2.24, 2.45) is 5.10 Å². The number of nitro groups is 1. The molecule has 9 nitrogen and oxygen atoms in total. The Hall–Kier alpha value is -3.40. The summed E-state index contributed by atoms with van der Waals surface area (Å²) in [4.78, 5) is 11.2. The highest BCUT2D eigenvalue weighted by atomic mass is 32.2. The van der Waals surface area contributed by atoms with Gasteiger partial charge in [-0.05, 0) is 39.3 Å². The molecule has 0 N–H and O–H groups in total. The first-order chi connectivity index (χ1) is 16.2. The molecule has 0 radical (unpaired) electrons. The zero-order valence-electron chi connectivity index (χ0n) is 20.2. The third-order valence-electron chi connectivity index (χ3n) is 4.79. The van der Waals surface area contributed by atoms with Crippen LogP contribution in [-0.4, -0.2) is 39.2 Å². The maximum Gasteiger partial charge on any atom is 0.315 e. The minimum absolute atomic E-state index is 0.0999. The van der Waals surface area contributed by atoms with Crippen LogP contribution in [0, 0.1) is 24.0 Å². The van der Waals surface area contributed by atoms with Crippen LogP contribution in [0.25, 0.3) is 0 Å². The van der Waals surface area contributed by atoms with Crippen molar-refractivity contribution in [3.05, 3.63) is 68.5 Å². The molecule has 0 aliphatic heterocycles. The molecule has 34 heavy (non-hydrogen) atoms. The van der Waals surface area contributed by atoms with Gasteiger partial charge < -0.3 is 9.47 Å². The number of hydrogen-bond donors (Lipinski definition) is 0. The summed E-state index contributed by atoms with van der Waals surface area (Å²) in [7, 11) is 1.45. The van der Waals surface area contributed by atoms with E-state index in [0.29, 0.717) is 23.0 Å². The number of aromatic nitrogens is 3. The van der Waals surface area contributed by atoms with Crippen molar-refractivity contribution >= 4 is 23.7 Å². The average Bonchev–Trinajstić information content (AvgIpc) is 3.17. The Labute approximate surface area is 203 Å². The number of nitro benzene ring substituents is 1. The molecule has 0 aliphatic rings.